The standard InChI is InChI=1S/C16H16Br2N4O2/c1-3-22(4-2)11-5-6-14(12(8-11)16(23)24)20-21-15-13(18)7-10(17)9-19-15/h5-9H,3-4H2,1-2H3,(H,23,24)/b21-20+. The number of azo groups is 1. The summed E-state index contributed by atoms with van der Waals surface area (Å²) in [6.45, 7) is 5.64. The van der Waals surface area contributed by atoms with E-state index >= 15 is 0 Å². The number of carboxylic acids is 1. The van der Waals surface area contributed by atoms with Gasteiger partial charge in [0.15, 0.2) is 5.82 Å². The fraction of sp³-hybridized carbons (Fsp3) is 0.250. The number of carboxylic acid groups (broad SMARTS) is 1. The SMILES string of the molecule is CCN(CC)c1ccc(/N=N/c2ncc(Br)cc2Br)c(C(=O)O)c1. The third kappa shape index (κ3) is 4.39. The Morgan fingerprint density at radius 2 is 1.92 bits per heavy atom. The van der Waals surface area contributed by atoms with Gasteiger partial charge in [0.2, 0.25) is 0 Å². The Kier molecular flexibility index (Phi) is 6.44. The Morgan fingerprint density at radius 3 is 2.50 bits per heavy atom. The number of aromatic nitrogens is 1. The largest absolute Gasteiger partial charge is 0.478 e. The molecule has 0 unspecified atom stereocenters. The van der Waals surface area contributed by atoms with Crippen molar-refractivity contribution in [2.24, 2.45) is 10.2 Å². The van der Waals surface area contributed by atoms with E-state index in [-0.39, 0.29) is 11.3 Å². The first kappa shape index (κ1) is 18.5. The van der Waals surface area contributed by atoms with E-state index in [9.17, 15) is 9.90 Å². The number of hydrogen-bond acceptors (Lipinski definition) is 5. The van der Waals surface area contributed by atoms with Crippen LogP contribution in [0.3, 0.4) is 0 Å². The van der Waals surface area contributed by atoms with Crippen LogP contribution in [0, 0.1) is 0 Å². The van der Waals surface area contributed by atoms with Crippen LogP contribution in [-0.4, -0.2) is 29.1 Å². The van der Waals surface area contributed by atoms with Crippen LogP contribution in [0.5, 0.6) is 0 Å². The minimum atomic E-state index is -1.04. The lowest BCUT2D eigenvalue weighted by Gasteiger charge is -2.21. The van der Waals surface area contributed by atoms with E-state index in [1.54, 1.807) is 24.4 Å². The average Bonchev–Trinajstić information content (AvgIpc) is 2.55. The zero-order valence-corrected chi connectivity index (χ0v) is 16.4. The van der Waals surface area contributed by atoms with Crippen molar-refractivity contribution in [3.8, 4) is 0 Å². The predicted octanol–water partition coefficient (Wildman–Crippen LogP) is 5.57. The van der Waals surface area contributed by atoms with Gasteiger partial charge >= 0.3 is 5.97 Å². The predicted molar refractivity (Wildman–Crippen MR) is 101 cm³/mol. The van der Waals surface area contributed by atoms with Crippen molar-refractivity contribution in [2.75, 3.05) is 18.0 Å². The van der Waals surface area contributed by atoms with E-state index in [1.807, 2.05) is 19.9 Å². The average molecular weight is 456 g/mol. The number of aromatic carboxylic acids is 1. The van der Waals surface area contributed by atoms with Crippen LogP contribution in [-0.2, 0) is 0 Å². The number of halogens is 2. The summed E-state index contributed by atoms with van der Waals surface area (Å²) in [5, 5.41) is 17.6. The monoisotopic (exact) mass is 454 g/mol. The van der Waals surface area contributed by atoms with Crippen molar-refractivity contribution >= 4 is 55.0 Å². The van der Waals surface area contributed by atoms with Crippen LogP contribution in [0.15, 0.2) is 49.6 Å². The third-order valence-electron chi connectivity index (χ3n) is 3.38. The Balaban J connectivity index is 2.39. The molecular formula is C16H16Br2N4O2. The van der Waals surface area contributed by atoms with E-state index in [2.05, 4.69) is 52.0 Å². The molecule has 0 aliphatic rings. The Hall–Kier alpha value is -1.80. The smallest absolute Gasteiger partial charge is 0.338 e. The van der Waals surface area contributed by atoms with Crippen LogP contribution < -0.4 is 4.90 Å². The van der Waals surface area contributed by atoms with E-state index in [1.165, 1.54) is 0 Å². The lowest BCUT2D eigenvalue weighted by Crippen LogP contribution is -2.22. The fourth-order valence-electron chi connectivity index (χ4n) is 2.15. The molecule has 0 radical (unpaired) electrons. The summed E-state index contributed by atoms with van der Waals surface area (Å²) < 4.78 is 1.47. The summed E-state index contributed by atoms with van der Waals surface area (Å²) in [6.07, 6.45) is 1.60. The first-order valence-electron chi connectivity index (χ1n) is 7.31. The van der Waals surface area contributed by atoms with Gasteiger partial charge < -0.3 is 10.0 Å². The molecule has 0 fully saturated rings. The zero-order valence-electron chi connectivity index (χ0n) is 13.2. The van der Waals surface area contributed by atoms with E-state index < -0.39 is 5.97 Å². The molecule has 0 bridgehead atoms. The van der Waals surface area contributed by atoms with Gasteiger partial charge in [-0.3, -0.25) is 0 Å². The first-order chi connectivity index (χ1) is 11.5. The Bertz CT molecular complexity index is 777. The molecular weight excluding hydrogens is 440 g/mol. The van der Waals surface area contributed by atoms with Crippen LogP contribution >= 0.6 is 31.9 Å². The van der Waals surface area contributed by atoms with E-state index in [0.717, 1.165) is 23.2 Å². The summed E-state index contributed by atoms with van der Waals surface area (Å²) in [5.74, 6) is -0.664. The van der Waals surface area contributed by atoms with Gasteiger partial charge in [-0.25, -0.2) is 9.78 Å². The van der Waals surface area contributed by atoms with Gasteiger partial charge in [-0.05, 0) is 70.0 Å². The van der Waals surface area contributed by atoms with Crippen molar-refractivity contribution in [2.45, 2.75) is 13.8 Å². The molecule has 2 rings (SSSR count). The number of hydrogen-bond donors (Lipinski definition) is 1. The molecule has 0 saturated heterocycles. The first-order valence-corrected chi connectivity index (χ1v) is 8.90. The van der Waals surface area contributed by atoms with Gasteiger partial charge in [0, 0.05) is 29.4 Å². The molecule has 1 aromatic carbocycles. The van der Waals surface area contributed by atoms with Crippen LogP contribution in [0.25, 0.3) is 0 Å². The highest BCUT2D eigenvalue weighted by Crippen LogP contribution is 2.30. The molecule has 2 aromatic rings. The molecule has 0 spiro atoms. The summed E-state index contributed by atoms with van der Waals surface area (Å²) in [5.41, 5.74) is 1.24. The highest BCUT2D eigenvalue weighted by Gasteiger charge is 2.13. The number of pyridine rings is 1. The molecule has 1 aromatic heterocycles. The summed E-state index contributed by atoms with van der Waals surface area (Å²) in [4.78, 5) is 17.7. The maximum Gasteiger partial charge on any atom is 0.338 e. The fourth-order valence-corrected chi connectivity index (χ4v) is 3.22. The third-order valence-corrected chi connectivity index (χ3v) is 4.40. The lowest BCUT2D eigenvalue weighted by atomic mass is 10.1. The number of rotatable bonds is 6. The highest BCUT2D eigenvalue weighted by molar-refractivity contribution is 9.11. The van der Waals surface area contributed by atoms with Gasteiger partial charge in [-0.1, -0.05) is 0 Å². The Morgan fingerprint density at radius 1 is 1.21 bits per heavy atom. The summed E-state index contributed by atoms with van der Waals surface area (Å²) in [7, 11) is 0. The van der Waals surface area contributed by atoms with Crippen molar-refractivity contribution in [1.29, 1.82) is 0 Å². The molecule has 0 aliphatic carbocycles. The molecule has 24 heavy (non-hydrogen) atoms. The summed E-state index contributed by atoms with van der Waals surface area (Å²) >= 11 is 6.66. The van der Waals surface area contributed by atoms with Gasteiger partial charge in [-0.2, -0.15) is 0 Å². The second-order valence-corrected chi connectivity index (χ2v) is 6.61. The van der Waals surface area contributed by atoms with Crippen molar-refractivity contribution < 1.29 is 9.90 Å². The van der Waals surface area contributed by atoms with Crippen LogP contribution in [0.4, 0.5) is 17.2 Å². The van der Waals surface area contributed by atoms with Crippen molar-refractivity contribution in [1.82, 2.24) is 4.98 Å². The van der Waals surface area contributed by atoms with E-state index in [4.69, 9.17) is 0 Å². The van der Waals surface area contributed by atoms with Crippen molar-refractivity contribution in [3.63, 3.8) is 0 Å². The number of nitrogens with zero attached hydrogens (tertiary/aromatic N) is 4. The maximum atomic E-state index is 11.5. The summed E-state index contributed by atoms with van der Waals surface area (Å²) in [6, 6.07) is 6.92. The lowest BCUT2D eigenvalue weighted by molar-refractivity contribution is 0.0698. The molecule has 0 saturated carbocycles. The van der Waals surface area contributed by atoms with E-state index in [0.29, 0.717) is 10.3 Å². The second kappa shape index (κ2) is 8.34. The molecule has 0 aliphatic heterocycles. The van der Waals surface area contributed by atoms with Gasteiger partial charge in [-0.15, -0.1) is 10.2 Å². The minimum Gasteiger partial charge on any atom is -0.478 e. The molecule has 6 nitrogen and oxygen atoms in total. The number of carbonyl (C=O) groups is 1. The van der Waals surface area contributed by atoms with Gasteiger partial charge in [0.25, 0.3) is 0 Å². The molecule has 8 heteroatoms. The van der Waals surface area contributed by atoms with Gasteiger partial charge in [0.05, 0.1) is 10.0 Å². The molecule has 1 heterocycles. The topological polar surface area (TPSA) is 78.2 Å². The Labute approximate surface area is 156 Å². The quantitative estimate of drug-likeness (QED) is 0.577. The number of anilines is 1. The van der Waals surface area contributed by atoms with Gasteiger partial charge in [0.1, 0.15) is 5.69 Å². The van der Waals surface area contributed by atoms with Crippen LogP contribution in [0.1, 0.15) is 24.2 Å². The molecule has 126 valence electrons. The van der Waals surface area contributed by atoms with Crippen molar-refractivity contribution in [3.05, 3.63) is 45.0 Å². The zero-order chi connectivity index (χ0) is 17.7. The molecule has 0 amide bonds. The van der Waals surface area contributed by atoms with Crippen LogP contribution in [0.2, 0.25) is 0 Å². The highest BCUT2D eigenvalue weighted by atomic mass is 79.9. The minimum absolute atomic E-state index is 0.108. The number of benzene rings is 1. The normalized spacial score (nSPS) is 11.0. The molecule has 1 N–H and O–H groups in total. The maximum absolute atomic E-state index is 11.5. The molecule has 0 atom stereocenters. The second-order valence-electron chi connectivity index (χ2n) is 4.84.